The molecule has 140 valence electrons. The van der Waals surface area contributed by atoms with Gasteiger partial charge < -0.3 is 4.79 Å². The van der Waals surface area contributed by atoms with Crippen LogP contribution in [-0.2, 0) is 21.1 Å². The number of carbonyl (C=O) groups excluding carboxylic acids is 2. The van der Waals surface area contributed by atoms with E-state index in [4.69, 9.17) is 0 Å². The first-order valence-electron chi connectivity index (χ1n) is 8.78. The van der Waals surface area contributed by atoms with E-state index in [2.05, 4.69) is 22.1 Å². The summed E-state index contributed by atoms with van der Waals surface area (Å²) in [6.07, 6.45) is 0. The smallest absolute Gasteiger partial charge is 0.333 e. The predicted octanol–water partition coefficient (Wildman–Crippen LogP) is 4.18. The van der Waals surface area contributed by atoms with Crippen LogP contribution in [0.4, 0.5) is 0 Å². The van der Waals surface area contributed by atoms with Gasteiger partial charge in [0, 0.05) is 5.69 Å². The Balaban J connectivity index is 0.00000205. The van der Waals surface area contributed by atoms with Crippen LogP contribution in [0.5, 0.6) is 0 Å². The Kier molecular flexibility index (Phi) is 5.04. The van der Waals surface area contributed by atoms with Gasteiger partial charge in [-0.15, -0.1) is 29.8 Å². The maximum atomic E-state index is 12.9. The van der Waals surface area contributed by atoms with Gasteiger partial charge in [0.1, 0.15) is 17.2 Å². The average molecular weight is 555 g/mol. The second-order valence-corrected chi connectivity index (χ2v) is 6.43. The molecule has 4 aromatic rings. The second-order valence-electron chi connectivity index (χ2n) is 6.43. The summed E-state index contributed by atoms with van der Waals surface area (Å²) in [5.41, 5.74) is 4.01. The molecule has 1 aliphatic heterocycles. The average Bonchev–Trinajstić information content (AvgIpc) is 2.78. The van der Waals surface area contributed by atoms with Crippen LogP contribution >= 0.6 is 0 Å². The van der Waals surface area contributed by atoms with Crippen molar-refractivity contribution in [2.75, 3.05) is 0 Å². The Labute approximate surface area is 181 Å². The van der Waals surface area contributed by atoms with Gasteiger partial charge in [-0.3, -0.25) is 9.78 Å². The summed E-state index contributed by atoms with van der Waals surface area (Å²) in [6, 6.07) is 27.7. The third kappa shape index (κ3) is 3.48. The summed E-state index contributed by atoms with van der Waals surface area (Å²) in [7, 11) is 0. The third-order valence-electron chi connectivity index (χ3n) is 4.60. The van der Waals surface area contributed by atoms with Crippen LogP contribution in [0.3, 0.4) is 0 Å². The van der Waals surface area contributed by atoms with Crippen LogP contribution in [0.1, 0.15) is 32.2 Å². The molecule has 8 bridgehead atoms. The quantitative estimate of drug-likeness (QED) is 0.269. The van der Waals surface area contributed by atoms with Crippen molar-refractivity contribution in [3.8, 4) is 22.4 Å². The van der Waals surface area contributed by atoms with E-state index in [1.54, 1.807) is 42.5 Å². The summed E-state index contributed by atoms with van der Waals surface area (Å²) in [5.74, 6) is -0.617. The largest absolute Gasteiger partial charge is 2.00 e. The Morgan fingerprint density at radius 2 is 0.897 bits per heavy atom. The molecular formula is C24H12N2O2Pt. The van der Waals surface area contributed by atoms with E-state index in [-0.39, 0.29) is 49.7 Å². The third-order valence-corrected chi connectivity index (χ3v) is 4.60. The number of rotatable bonds is 0. The van der Waals surface area contributed by atoms with Crippen LogP contribution < -0.4 is 0 Å². The molecule has 29 heavy (non-hydrogen) atoms. The second kappa shape index (κ2) is 7.65. The molecule has 5 rings (SSSR count). The van der Waals surface area contributed by atoms with Gasteiger partial charge in [-0.1, -0.05) is 23.8 Å². The van der Waals surface area contributed by atoms with Gasteiger partial charge in [-0.05, 0) is 18.2 Å². The van der Waals surface area contributed by atoms with E-state index >= 15 is 0 Å². The molecule has 0 saturated heterocycles. The van der Waals surface area contributed by atoms with E-state index in [9.17, 15) is 9.59 Å². The fourth-order valence-electron chi connectivity index (χ4n) is 3.20. The zero-order chi connectivity index (χ0) is 19.1. The molecule has 0 amide bonds. The van der Waals surface area contributed by atoms with Gasteiger partial charge in [-0.2, -0.15) is 35.4 Å². The summed E-state index contributed by atoms with van der Waals surface area (Å²) >= 11 is 0. The van der Waals surface area contributed by atoms with Gasteiger partial charge >= 0.3 is 21.1 Å². The van der Waals surface area contributed by atoms with Crippen molar-refractivity contribution >= 4 is 11.6 Å². The van der Waals surface area contributed by atoms with Crippen molar-refractivity contribution in [2.24, 2.45) is 0 Å². The van der Waals surface area contributed by atoms with E-state index in [1.807, 2.05) is 30.3 Å². The Morgan fingerprint density at radius 3 is 1.55 bits per heavy atom. The van der Waals surface area contributed by atoms with Crippen molar-refractivity contribution in [2.45, 2.75) is 0 Å². The molecule has 0 aliphatic carbocycles. The minimum atomic E-state index is -0.331. The molecule has 4 nitrogen and oxygen atoms in total. The minimum absolute atomic E-state index is 0. The molecule has 0 saturated carbocycles. The molecular weight excluding hydrogens is 543 g/mol. The SMILES string of the molecule is O=C1c2[c-]c(ccc2)-c2[c-]c(ccc2)-c2cccc(n2)C(=O)c2cccc1n2.[Pt+2]. The van der Waals surface area contributed by atoms with Crippen LogP contribution in [0, 0.1) is 12.1 Å². The molecule has 0 N–H and O–H groups in total. The zero-order valence-corrected chi connectivity index (χ0v) is 17.2. The molecule has 0 atom stereocenters. The van der Waals surface area contributed by atoms with Gasteiger partial charge in [0.2, 0.25) is 5.78 Å². The number of ketones is 2. The minimum Gasteiger partial charge on any atom is -0.333 e. The van der Waals surface area contributed by atoms with E-state index in [0.717, 1.165) is 16.7 Å². The van der Waals surface area contributed by atoms with E-state index < -0.39 is 0 Å². The number of nitrogens with zero attached hydrogens (tertiary/aromatic N) is 2. The molecule has 0 unspecified atom stereocenters. The molecule has 0 spiro atoms. The van der Waals surface area contributed by atoms with Crippen molar-refractivity contribution in [1.82, 2.24) is 9.97 Å². The fraction of sp³-hybridized carbons (Fsp3) is 0. The Morgan fingerprint density at radius 1 is 0.483 bits per heavy atom. The maximum Gasteiger partial charge on any atom is 2.00 e. The normalized spacial score (nSPS) is 12.0. The summed E-state index contributed by atoms with van der Waals surface area (Å²) in [4.78, 5) is 34.6. The van der Waals surface area contributed by atoms with Crippen molar-refractivity contribution in [3.05, 3.63) is 108 Å². The molecule has 0 radical (unpaired) electrons. The van der Waals surface area contributed by atoms with Gasteiger partial charge in [-0.25, -0.2) is 4.98 Å². The Bertz CT molecular complexity index is 1180. The van der Waals surface area contributed by atoms with E-state index in [0.29, 0.717) is 11.3 Å². The first kappa shape index (κ1) is 19.1. The number of carbonyl (C=O) groups is 2. The number of pyridine rings is 2. The monoisotopic (exact) mass is 555 g/mol. The number of fused-ring (bicyclic) bond motifs is 10. The number of hydrogen-bond donors (Lipinski definition) is 0. The van der Waals surface area contributed by atoms with Gasteiger partial charge in [0.05, 0.1) is 5.69 Å². The summed E-state index contributed by atoms with van der Waals surface area (Å²) < 4.78 is 0. The van der Waals surface area contributed by atoms with Gasteiger partial charge in [0.15, 0.2) is 0 Å². The van der Waals surface area contributed by atoms with Crippen LogP contribution in [0.25, 0.3) is 22.4 Å². The van der Waals surface area contributed by atoms with Crippen molar-refractivity contribution in [3.63, 3.8) is 0 Å². The predicted molar refractivity (Wildman–Crippen MR) is 104 cm³/mol. The molecule has 0 fully saturated rings. The maximum absolute atomic E-state index is 12.9. The van der Waals surface area contributed by atoms with Crippen LogP contribution in [0.2, 0.25) is 0 Å². The van der Waals surface area contributed by atoms with Crippen molar-refractivity contribution < 1.29 is 30.7 Å². The molecule has 3 heterocycles. The number of aromatic nitrogens is 2. The van der Waals surface area contributed by atoms with Crippen LogP contribution in [-0.4, -0.2) is 21.5 Å². The molecule has 1 aliphatic rings. The molecule has 2 aromatic carbocycles. The number of benzene rings is 2. The summed E-state index contributed by atoms with van der Waals surface area (Å²) in [6.45, 7) is 0. The first-order chi connectivity index (χ1) is 13.7. The van der Waals surface area contributed by atoms with E-state index in [1.165, 1.54) is 0 Å². The standard InChI is InChI=1S/C24H12N2O2.Pt/c27-23-18-8-2-6-16(14-18)15-5-1-7-17(13-15)19-9-3-11-21(25-19)24(28)22-12-4-10-20(23)26-22;/h1-12H;/q-2;+2. The number of hydrogen-bond acceptors (Lipinski definition) is 4. The Hall–Kier alpha value is -3.23. The zero-order valence-electron chi connectivity index (χ0n) is 15.0. The molecule has 2 aromatic heterocycles. The van der Waals surface area contributed by atoms with Gasteiger partial charge in [0.25, 0.3) is 0 Å². The van der Waals surface area contributed by atoms with Crippen LogP contribution in [0.15, 0.2) is 72.8 Å². The topological polar surface area (TPSA) is 59.9 Å². The molecule has 5 heteroatoms. The summed E-state index contributed by atoms with van der Waals surface area (Å²) in [5, 5.41) is 0. The fourth-order valence-corrected chi connectivity index (χ4v) is 3.20. The van der Waals surface area contributed by atoms with Crippen molar-refractivity contribution in [1.29, 1.82) is 0 Å². The first-order valence-corrected chi connectivity index (χ1v) is 8.78.